The second-order valence-corrected chi connectivity index (χ2v) is 4.28. The van der Waals surface area contributed by atoms with Crippen LogP contribution in [-0.2, 0) is 18.9 Å². The quantitative estimate of drug-likeness (QED) is 0.659. The molecular formula is C12H24O4. The van der Waals surface area contributed by atoms with Crippen LogP contribution in [0.3, 0.4) is 0 Å². The fourth-order valence-electron chi connectivity index (χ4n) is 1.96. The molecule has 1 saturated carbocycles. The first-order valence-corrected chi connectivity index (χ1v) is 6.02. The Bertz CT molecular complexity index is 158. The van der Waals surface area contributed by atoms with E-state index in [4.69, 9.17) is 18.9 Å². The van der Waals surface area contributed by atoms with Gasteiger partial charge in [0.1, 0.15) is 0 Å². The van der Waals surface area contributed by atoms with E-state index in [-0.39, 0.29) is 12.6 Å². The van der Waals surface area contributed by atoms with Gasteiger partial charge in [-0.25, -0.2) is 0 Å². The molecule has 0 amide bonds. The molecule has 1 aliphatic carbocycles. The van der Waals surface area contributed by atoms with Gasteiger partial charge in [0.2, 0.25) is 0 Å². The SMILES string of the molecule is COC(C)OC1CCC(OC(C)OC)CC1. The van der Waals surface area contributed by atoms with Crippen molar-refractivity contribution in [3.05, 3.63) is 0 Å². The number of rotatable bonds is 6. The van der Waals surface area contributed by atoms with Gasteiger partial charge in [0.15, 0.2) is 12.6 Å². The van der Waals surface area contributed by atoms with Crippen molar-refractivity contribution in [2.45, 2.75) is 64.3 Å². The minimum Gasteiger partial charge on any atom is -0.356 e. The number of methoxy groups -OCH3 is 2. The summed E-state index contributed by atoms with van der Waals surface area (Å²) in [6, 6.07) is 0. The van der Waals surface area contributed by atoms with Crippen molar-refractivity contribution in [3.63, 3.8) is 0 Å². The van der Waals surface area contributed by atoms with Crippen molar-refractivity contribution in [2.75, 3.05) is 14.2 Å². The van der Waals surface area contributed by atoms with E-state index in [2.05, 4.69) is 0 Å². The van der Waals surface area contributed by atoms with Gasteiger partial charge in [0.25, 0.3) is 0 Å². The summed E-state index contributed by atoms with van der Waals surface area (Å²) in [5.74, 6) is 0. The summed E-state index contributed by atoms with van der Waals surface area (Å²) in [6.07, 6.45) is 4.55. The van der Waals surface area contributed by atoms with Gasteiger partial charge >= 0.3 is 0 Å². The Balaban J connectivity index is 2.18. The van der Waals surface area contributed by atoms with Gasteiger partial charge in [-0.3, -0.25) is 0 Å². The molecule has 0 radical (unpaired) electrons. The van der Waals surface area contributed by atoms with Crippen molar-refractivity contribution < 1.29 is 18.9 Å². The third-order valence-corrected chi connectivity index (χ3v) is 3.05. The van der Waals surface area contributed by atoms with Crippen LogP contribution in [0.15, 0.2) is 0 Å². The minimum absolute atomic E-state index is 0.111. The summed E-state index contributed by atoms with van der Waals surface area (Å²) < 4.78 is 21.6. The van der Waals surface area contributed by atoms with Gasteiger partial charge in [-0.2, -0.15) is 0 Å². The van der Waals surface area contributed by atoms with E-state index in [0.29, 0.717) is 12.2 Å². The molecular weight excluding hydrogens is 208 g/mol. The molecule has 96 valence electrons. The van der Waals surface area contributed by atoms with Crippen molar-refractivity contribution in [1.82, 2.24) is 0 Å². The summed E-state index contributed by atoms with van der Waals surface area (Å²) >= 11 is 0. The van der Waals surface area contributed by atoms with E-state index in [1.165, 1.54) is 0 Å². The van der Waals surface area contributed by atoms with E-state index in [0.717, 1.165) is 25.7 Å². The predicted molar refractivity (Wildman–Crippen MR) is 61.2 cm³/mol. The fourth-order valence-corrected chi connectivity index (χ4v) is 1.96. The molecule has 16 heavy (non-hydrogen) atoms. The molecule has 0 spiro atoms. The molecule has 0 aromatic carbocycles. The van der Waals surface area contributed by atoms with Crippen LogP contribution >= 0.6 is 0 Å². The number of hydrogen-bond acceptors (Lipinski definition) is 4. The van der Waals surface area contributed by atoms with Crippen LogP contribution < -0.4 is 0 Å². The molecule has 4 nitrogen and oxygen atoms in total. The lowest BCUT2D eigenvalue weighted by atomic mass is 9.95. The van der Waals surface area contributed by atoms with E-state index < -0.39 is 0 Å². The molecule has 0 aromatic rings. The van der Waals surface area contributed by atoms with Crippen LogP contribution in [0.2, 0.25) is 0 Å². The highest BCUT2D eigenvalue weighted by Crippen LogP contribution is 2.25. The molecule has 0 aliphatic heterocycles. The molecule has 1 rings (SSSR count). The smallest absolute Gasteiger partial charge is 0.154 e. The minimum atomic E-state index is -0.111. The second kappa shape index (κ2) is 7.22. The predicted octanol–water partition coefficient (Wildman–Crippen LogP) is 2.32. The van der Waals surface area contributed by atoms with Crippen molar-refractivity contribution in [2.24, 2.45) is 0 Å². The van der Waals surface area contributed by atoms with Gasteiger partial charge in [-0.15, -0.1) is 0 Å². The highest BCUT2D eigenvalue weighted by molar-refractivity contribution is 4.73. The van der Waals surface area contributed by atoms with Gasteiger partial charge in [0.05, 0.1) is 12.2 Å². The molecule has 0 bridgehead atoms. The average Bonchev–Trinajstić information content (AvgIpc) is 2.31. The van der Waals surface area contributed by atoms with Gasteiger partial charge in [0, 0.05) is 14.2 Å². The number of hydrogen-bond donors (Lipinski definition) is 0. The average molecular weight is 232 g/mol. The van der Waals surface area contributed by atoms with Crippen molar-refractivity contribution >= 4 is 0 Å². The second-order valence-electron chi connectivity index (χ2n) is 4.28. The van der Waals surface area contributed by atoms with Crippen molar-refractivity contribution in [3.8, 4) is 0 Å². The molecule has 0 aromatic heterocycles. The molecule has 2 atom stereocenters. The third kappa shape index (κ3) is 4.78. The molecule has 2 unspecified atom stereocenters. The van der Waals surface area contributed by atoms with E-state index >= 15 is 0 Å². The summed E-state index contributed by atoms with van der Waals surface area (Å²) in [5, 5.41) is 0. The molecule has 1 fully saturated rings. The first-order chi connectivity index (χ1) is 7.65. The first-order valence-electron chi connectivity index (χ1n) is 6.02. The summed E-state index contributed by atoms with van der Waals surface area (Å²) in [7, 11) is 3.33. The Morgan fingerprint density at radius 2 is 1.06 bits per heavy atom. The van der Waals surface area contributed by atoms with E-state index in [1.54, 1.807) is 14.2 Å². The zero-order valence-electron chi connectivity index (χ0n) is 10.8. The Morgan fingerprint density at radius 3 is 1.31 bits per heavy atom. The Labute approximate surface area is 98.2 Å². The van der Waals surface area contributed by atoms with Crippen LogP contribution in [-0.4, -0.2) is 39.0 Å². The monoisotopic (exact) mass is 232 g/mol. The van der Waals surface area contributed by atoms with Gasteiger partial charge < -0.3 is 18.9 Å². The maximum absolute atomic E-state index is 5.71. The van der Waals surface area contributed by atoms with E-state index in [1.807, 2.05) is 13.8 Å². The maximum atomic E-state index is 5.71. The van der Waals surface area contributed by atoms with Crippen molar-refractivity contribution in [1.29, 1.82) is 0 Å². The Morgan fingerprint density at radius 1 is 0.750 bits per heavy atom. The first kappa shape index (κ1) is 13.9. The zero-order valence-corrected chi connectivity index (χ0v) is 10.8. The molecule has 0 N–H and O–H groups in total. The molecule has 0 heterocycles. The van der Waals surface area contributed by atoms with Crippen LogP contribution in [0.1, 0.15) is 39.5 Å². The van der Waals surface area contributed by atoms with Gasteiger partial charge in [-0.1, -0.05) is 0 Å². The standard InChI is InChI=1S/C12H24O4/c1-9(13-3)15-11-5-7-12(8-6-11)16-10(2)14-4/h9-12H,5-8H2,1-4H3. The van der Waals surface area contributed by atoms with Crippen LogP contribution in [0.25, 0.3) is 0 Å². The largest absolute Gasteiger partial charge is 0.356 e. The van der Waals surface area contributed by atoms with Gasteiger partial charge in [-0.05, 0) is 39.5 Å². The molecule has 1 aliphatic rings. The summed E-state index contributed by atoms with van der Waals surface area (Å²) in [6.45, 7) is 3.85. The van der Waals surface area contributed by atoms with E-state index in [9.17, 15) is 0 Å². The molecule has 0 saturated heterocycles. The topological polar surface area (TPSA) is 36.9 Å². The lowest BCUT2D eigenvalue weighted by Crippen LogP contribution is -2.31. The zero-order chi connectivity index (χ0) is 12.0. The normalized spacial score (nSPS) is 30.0. The Hall–Kier alpha value is -0.160. The summed E-state index contributed by atoms with van der Waals surface area (Å²) in [4.78, 5) is 0. The lowest BCUT2D eigenvalue weighted by molar-refractivity contribution is -0.180. The third-order valence-electron chi connectivity index (χ3n) is 3.05. The number of ether oxygens (including phenoxy) is 4. The highest BCUT2D eigenvalue weighted by Gasteiger charge is 2.24. The Kier molecular flexibility index (Phi) is 6.28. The fraction of sp³-hybridized carbons (Fsp3) is 1.00. The molecule has 4 heteroatoms. The van der Waals surface area contributed by atoms with Crippen LogP contribution in [0.5, 0.6) is 0 Å². The van der Waals surface area contributed by atoms with Crippen LogP contribution in [0.4, 0.5) is 0 Å². The maximum Gasteiger partial charge on any atom is 0.154 e. The lowest BCUT2D eigenvalue weighted by Gasteiger charge is -2.31. The van der Waals surface area contributed by atoms with Crippen LogP contribution in [0, 0.1) is 0 Å². The highest BCUT2D eigenvalue weighted by atomic mass is 16.7. The summed E-state index contributed by atoms with van der Waals surface area (Å²) in [5.41, 5.74) is 0.